The summed E-state index contributed by atoms with van der Waals surface area (Å²) in [4.78, 5) is 24.6. The maximum absolute atomic E-state index is 12.4. The molecule has 0 aliphatic heterocycles. The maximum atomic E-state index is 12.4. The van der Waals surface area contributed by atoms with Crippen LogP contribution in [-0.2, 0) is 16.0 Å². The van der Waals surface area contributed by atoms with Crippen LogP contribution < -0.4 is 14.2 Å². The standard InChI is InChI=1S/C24H28O9/c1-5-31-22(26)23(2,3)13-32-20-17(10-12-19(30-4)21(20)33-24(27,28)29)14-7-6-8-16-15(14)9-11-18(16)25/h6-8,10,12,27-29H,5,9,11,13H2,1-4H3. The summed E-state index contributed by atoms with van der Waals surface area (Å²) in [7, 11) is 1.33. The van der Waals surface area contributed by atoms with Gasteiger partial charge in [-0.25, -0.2) is 0 Å². The van der Waals surface area contributed by atoms with Crippen LogP contribution in [0.15, 0.2) is 30.3 Å². The SMILES string of the molecule is CCOC(=O)C(C)(C)COc1c(-c2cccc3c2CCC3=O)ccc(OC)c1OC(O)(O)O. The Morgan fingerprint density at radius 3 is 2.33 bits per heavy atom. The van der Waals surface area contributed by atoms with Crippen molar-refractivity contribution in [2.75, 3.05) is 20.3 Å². The van der Waals surface area contributed by atoms with Crippen LogP contribution >= 0.6 is 0 Å². The molecule has 0 unspecified atom stereocenters. The van der Waals surface area contributed by atoms with Crippen LogP contribution in [0.2, 0.25) is 0 Å². The smallest absolute Gasteiger partial charge is 0.453 e. The number of ketones is 1. The van der Waals surface area contributed by atoms with E-state index in [9.17, 15) is 24.9 Å². The second-order valence-electron chi connectivity index (χ2n) is 8.30. The summed E-state index contributed by atoms with van der Waals surface area (Å²) in [5, 5.41) is 28.5. The number of benzene rings is 2. The van der Waals surface area contributed by atoms with Gasteiger partial charge in [0.15, 0.2) is 17.3 Å². The van der Waals surface area contributed by atoms with E-state index in [-0.39, 0.29) is 36.2 Å². The average Bonchev–Trinajstić information content (AvgIpc) is 3.13. The molecule has 0 atom stereocenters. The molecule has 1 aliphatic carbocycles. The first-order valence-corrected chi connectivity index (χ1v) is 10.5. The Morgan fingerprint density at radius 2 is 1.70 bits per heavy atom. The molecule has 0 amide bonds. The highest BCUT2D eigenvalue weighted by atomic mass is 16.9. The number of rotatable bonds is 9. The molecule has 3 N–H and O–H groups in total. The number of Topliss-reactive ketones (excluding diaryl/α,β-unsaturated/α-hetero) is 1. The van der Waals surface area contributed by atoms with Crippen molar-refractivity contribution in [3.05, 3.63) is 41.5 Å². The largest absolute Gasteiger partial charge is 0.493 e. The molecule has 0 radical (unpaired) electrons. The molecule has 9 heteroatoms. The molecule has 2 aromatic rings. The molecule has 0 saturated carbocycles. The fourth-order valence-electron chi connectivity index (χ4n) is 3.68. The minimum atomic E-state index is -3.52. The number of carbonyl (C=O) groups excluding carboxylic acids is 2. The van der Waals surface area contributed by atoms with Crippen LogP contribution in [0.1, 0.15) is 43.1 Å². The topological polar surface area (TPSA) is 132 Å². The molecular weight excluding hydrogens is 432 g/mol. The van der Waals surface area contributed by atoms with Gasteiger partial charge in [0.2, 0.25) is 5.75 Å². The summed E-state index contributed by atoms with van der Waals surface area (Å²) in [6.07, 6.45) is -2.61. The molecule has 33 heavy (non-hydrogen) atoms. The summed E-state index contributed by atoms with van der Waals surface area (Å²) in [6, 6.07) is 8.47. The van der Waals surface area contributed by atoms with E-state index in [1.807, 2.05) is 0 Å². The zero-order chi connectivity index (χ0) is 24.4. The van der Waals surface area contributed by atoms with Crippen molar-refractivity contribution >= 4 is 11.8 Å². The molecule has 0 spiro atoms. The summed E-state index contributed by atoms with van der Waals surface area (Å²) < 4.78 is 21.3. The zero-order valence-electron chi connectivity index (χ0n) is 19.0. The minimum Gasteiger partial charge on any atom is -0.493 e. The van der Waals surface area contributed by atoms with Crippen LogP contribution in [0, 0.1) is 5.41 Å². The first kappa shape index (κ1) is 24.5. The van der Waals surface area contributed by atoms with Crippen LogP contribution in [0.3, 0.4) is 0 Å². The van der Waals surface area contributed by atoms with Gasteiger partial charge >= 0.3 is 12.1 Å². The maximum Gasteiger partial charge on any atom is 0.453 e. The number of hydrogen-bond donors (Lipinski definition) is 3. The lowest BCUT2D eigenvalue weighted by Crippen LogP contribution is -2.35. The average molecular weight is 460 g/mol. The molecule has 3 rings (SSSR count). The van der Waals surface area contributed by atoms with E-state index in [4.69, 9.17) is 18.9 Å². The molecule has 0 aromatic heterocycles. The van der Waals surface area contributed by atoms with E-state index in [2.05, 4.69) is 0 Å². The lowest BCUT2D eigenvalue weighted by atomic mass is 9.94. The second-order valence-corrected chi connectivity index (χ2v) is 8.30. The van der Waals surface area contributed by atoms with Gasteiger partial charge in [-0.1, -0.05) is 18.2 Å². The summed E-state index contributed by atoms with van der Waals surface area (Å²) in [5.41, 5.74) is 1.49. The third-order valence-corrected chi connectivity index (χ3v) is 5.31. The molecule has 2 aromatic carbocycles. The molecular formula is C24H28O9. The van der Waals surface area contributed by atoms with Crippen LogP contribution in [0.25, 0.3) is 11.1 Å². The summed E-state index contributed by atoms with van der Waals surface area (Å²) in [6.45, 7) is 5.01. The first-order chi connectivity index (χ1) is 15.5. The van der Waals surface area contributed by atoms with Gasteiger partial charge in [0, 0.05) is 17.5 Å². The van der Waals surface area contributed by atoms with Crippen LogP contribution in [0.4, 0.5) is 0 Å². The monoisotopic (exact) mass is 460 g/mol. The Morgan fingerprint density at radius 1 is 1.00 bits per heavy atom. The Hall–Kier alpha value is -3.14. The number of ether oxygens (including phenoxy) is 4. The van der Waals surface area contributed by atoms with Gasteiger partial charge in [0.05, 0.1) is 19.1 Å². The lowest BCUT2D eigenvalue weighted by Gasteiger charge is -2.26. The summed E-state index contributed by atoms with van der Waals surface area (Å²) >= 11 is 0. The van der Waals surface area contributed by atoms with Gasteiger partial charge in [0.25, 0.3) is 0 Å². The number of fused-ring (bicyclic) bond motifs is 1. The Bertz CT molecular complexity index is 1050. The third kappa shape index (κ3) is 5.27. The van der Waals surface area contributed by atoms with Crippen molar-refractivity contribution in [3.63, 3.8) is 0 Å². The number of esters is 1. The van der Waals surface area contributed by atoms with Gasteiger partial charge in [-0.3, -0.25) is 9.59 Å². The predicted octanol–water partition coefficient (Wildman–Crippen LogP) is 2.43. The van der Waals surface area contributed by atoms with Crippen LogP contribution in [-0.4, -0.2) is 53.6 Å². The molecule has 0 heterocycles. The van der Waals surface area contributed by atoms with Crippen LogP contribution in [0.5, 0.6) is 17.2 Å². The molecule has 1 aliphatic rings. The number of hydrogen-bond acceptors (Lipinski definition) is 9. The van der Waals surface area contributed by atoms with E-state index in [0.717, 1.165) is 5.56 Å². The number of carbonyl (C=O) groups is 2. The lowest BCUT2D eigenvalue weighted by molar-refractivity contribution is -0.420. The predicted molar refractivity (Wildman–Crippen MR) is 117 cm³/mol. The fourth-order valence-corrected chi connectivity index (χ4v) is 3.68. The summed E-state index contributed by atoms with van der Waals surface area (Å²) in [5.74, 6) is -0.690. The quantitative estimate of drug-likeness (QED) is 0.381. The molecule has 9 nitrogen and oxygen atoms in total. The first-order valence-electron chi connectivity index (χ1n) is 10.5. The molecule has 178 valence electrons. The van der Waals surface area contributed by atoms with E-state index < -0.39 is 17.5 Å². The highest BCUT2D eigenvalue weighted by Gasteiger charge is 2.34. The Kier molecular flexibility index (Phi) is 6.97. The fraction of sp³-hybridized carbons (Fsp3) is 0.417. The zero-order valence-corrected chi connectivity index (χ0v) is 19.0. The number of methoxy groups -OCH3 is 1. The van der Waals surface area contributed by atoms with E-state index in [1.54, 1.807) is 45.0 Å². The molecule has 0 saturated heterocycles. The van der Waals surface area contributed by atoms with Gasteiger partial charge in [-0.15, -0.1) is 0 Å². The normalized spacial score (nSPS) is 13.5. The Labute approximate surface area is 191 Å². The van der Waals surface area contributed by atoms with Crippen molar-refractivity contribution in [1.82, 2.24) is 0 Å². The van der Waals surface area contributed by atoms with Crippen molar-refractivity contribution in [2.24, 2.45) is 5.41 Å². The van der Waals surface area contributed by atoms with E-state index in [0.29, 0.717) is 29.5 Å². The van der Waals surface area contributed by atoms with Gasteiger partial charge in [0.1, 0.15) is 6.61 Å². The minimum absolute atomic E-state index is 0.000924. The van der Waals surface area contributed by atoms with E-state index >= 15 is 0 Å². The second kappa shape index (κ2) is 9.38. The number of aliphatic hydroxyl groups is 3. The molecule has 0 fully saturated rings. The highest BCUT2D eigenvalue weighted by molar-refractivity contribution is 6.02. The van der Waals surface area contributed by atoms with Crippen molar-refractivity contribution < 1.29 is 43.9 Å². The van der Waals surface area contributed by atoms with Crippen molar-refractivity contribution in [1.29, 1.82) is 0 Å². The van der Waals surface area contributed by atoms with Gasteiger partial charge in [-0.2, -0.15) is 0 Å². The van der Waals surface area contributed by atoms with Crippen molar-refractivity contribution in [2.45, 2.75) is 39.8 Å². The highest BCUT2D eigenvalue weighted by Crippen LogP contribution is 2.48. The molecule has 0 bridgehead atoms. The van der Waals surface area contributed by atoms with Gasteiger partial charge < -0.3 is 34.3 Å². The van der Waals surface area contributed by atoms with E-state index in [1.165, 1.54) is 13.2 Å². The third-order valence-electron chi connectivity index (χ3n) is 5.31. The van der Waals surface area contributed by atoms with Gasteiger partial charge in [-0.05, 0) is 50.5 Å². The Balaban J connectivity index is 2.16. The van der Waals surface area contributed by atoms with Crippen molar-refractivity contribution in [3.8, 4) is 28.4 Å².